The van der Waals surface area contributed by atoms with Crippen molar-refractivity contribution >= 4 is 11.9 Å². The van der Waals surface area contributed by atoms with Crippen LogP contribution in [0.3, 0.4) is 0 Å². The highest BCUT2D eigenvalue weighted by Crippen LogP contribution is 2.23. The minimum atomic E-state index is -1.25. The van der Waals surface area contributed by atoms with Gasteiger partial charge in [-0.2, -0.15) is 0 Å². The normalized spacial score (nSPS) is 14.1. The van der Waals surface area contributed by atoms with Crippen molar-refractivity contribution in [2.24, 2.45) is 0 Å². The van der Waals surface area contributed by atoms with E-state index in [4.69, 9.17) is 5.11 Å². The van der Waals surface area contributed by atoms with E-state index >= 15 is 0 Å². The van der Waals surface area contributed by atoms with Gasteiger partial charge < -0.3 is 10.4 Å². The maximum Gasteiger partial charge on any atom is 0.328 e. The standard InChI is InChI=1S/C14H17NO3/c1-14(2,13(17)18)15-12(16)11-7-6-9-4-3-5-10(9)8-11/h6-8H,3-5H2,1-2H3,(H,15,16)(H,17,18). The highest BCUT2D eigenvalue weighted by atomic mass is 16.4. The number of aliphatic carboxylic acids is 1. The minimum absolute atomic E-state index is 0.336. The van der Waals surface area contributed by atoms with Gasteiger partial charge in [0.1, 0.15) is 5.54 Å². The van der Waals surface area contributed by atoms with Crippen molar-refractivity contribution in [3.8, 4) is 0 Å². The van der Waals surface area contributed by atoms with Crippen molar-refractivity contribution in [1.29, 1.82) is 0 Å². The van der Waals surface area contributed by atoms with Crippen molar-refractivity contribution in [2.75, 3.05) is 0 Å². The van der Waals surface area contributed by atoms with Crippen LogP contribution >= 0.6 is 0 Å². The van der Waals surface area contributed by atoms with Crippen molar-refractivity contribution in [3.05, 3.63) is 34.9 Å². The van der Waals surface area contributed by atoms with Crippen LogP contribution in [0.4, 0.5) is 0 Å². The van der Waals surface area contributed by atoms with Crippen LogP contribution in [0.1, 0.15) is 41.8 Å². The molecule has 0 spiro atoms. The summed E-state index contributed by atoms with van der Waals surface area (Å²) >= 11 is 0. The van der Waals surface area contributed by atoms with Gasteiger partial charge in [-0.05, 0) is 56.4 Å². The highest BCUT2D eigenvalue weighted by molar-refractivity contribution is 5.97. The third-order valence-corrected chi connectivity index (χ3v) is 3.32. The average Bonchev–Trinajstić information content (AvgIpc) is 2.74. The van der Waals surface area contributed by atoms with E-state index < -0.39 is 11.5 Å². The summed E-state index contributed by atoms with van der Waals surface area (Å²) in [5, 5.41) is 11.5. The third kappa shape index (κ3) is 2.37. The fourth-order valence-electron chi connectivity index (χ4n) is 2.12. The quantitative estimate of drug-likeness (QED) is 0.855. The molecule has 0 aromatic heterocycles. The summed E-state index contributed by atoms with van der Waals surface area (Å²) in [7, 11) is 0. The Morgan fingerprint density at radius 3 is 2.56 bits per heavy atom. The summed E-state index contributed by atoms with van der Waals surface area (Å²) in [4.78, 5) is 23.0. The zero-order chi connectivity index (χ0) is 13.3. The maximum atomic E-state index is 12.0. The Bertz CT molecular complexity index is 506. The molecule has 2 N–H and O–H groups in total. The van der Waals surface area contributed by atoms with Gasteiger partial charge in [0.2, 0.25) is 0 Å². The number of amides is 1. The first-order valence-corrected chi connectivity index (χ1v) is 6.08. The van der Waals surface area contributed by atoms with E-state index in [0.717, 1.165) is 19.3 Å². The summed E-state index contributed by atoms with van der Waals surface area (Å²) in [6, 6.07) is 5.60. The van der Waals surface area contributed by atoms with Crippen LogP contribution in [0.15, 0.2) is 18.2 Å². The number of aryl methyl sites for hydroxylation is 2. The van der Waals surface area contributed by atoms with Crippen LogP contribution in [-0.4, -0.2) is 22.5 Å². The lowest BCUT2D eigenvalue weighted by molar-refractivity contribution is -0.143. The highest BCUT2D eigenvalue weighted by Gasteiger charge is 2.29. The Hall–Kier alpha value is -1.84. The fraction of sp³-hybridized carbons (Fsp3) is 0.429. The van der Waals surface area contributed by atoms with Crippen LogP contribution < -0.4 is 5.32 Å². The lowest BCUT2D eigenvalue weighted by Crippen LogP contribution is -2.49. The van der Waals surface area contributed by atoms with E-state index in [1.165, 1.54) is 25.0 Å². The molecular weight excluding hydrogens is 230 g/mol. The maximum absolute atomic E-state index is 12.0. The molecule has 0 aliphatic heterocycles. The van der Waals surface area contributed by atoms with Gasteiger partial charge in [0.15, 0.2) is 0 Å². The summed E-state index contributed by atoms with van der Waals surface area (Å²) in [5.41, 5.74) is 1.78. The van der Waals surface area contributed by atoms with Crippen LogP contribution in [0, 0.1) is 0 Å². The van der Waals surface area contributed by atoms with Crippen LogP contribution in [0.5, 0.6) is 0 Å². The molecule has 0 fully saturated rings. The van der Waals surface area contributed by atoms with Crippen molar-refractivity contribution < 1.29 is 14.7 Å². The molecule has 0 heterocycles. The van der Waals surface area contributed by atoms with Gasteiger partial charge in [-0.3, -0.25) is 4.79 Å². The molecule has 0 saturated heterocycles. The molecule has 1 aromatic rings. The Kier molecular flexibility index (Phi) is 3.11. The van der Waals surface area contributed by atoms with Gasteiger partial charge in [0.25, 0.3) is 5.91 Å². The SMILES string of the molecule is CC(C)(NC(=O)c1ccc2c(c1)CCC2)C(=O)O. The molecule has 18 heavy (non-hydrogen) atoms. The molecule has 96 valence electrons. The Morgan fingerprint density at radius 1 is 1.22 bits per heavy atom. The molecule has 1 aliphatic carbocycles. The first kappa shape index (κ1) is 12.6. The number of hydrogen-bond acceptors (Lipinski definition) is 2. The first-order valence-electron chi connectivity index (χ1n) is 6.08. The van der Waals surface area contributed by atoms with E-state index in [9.17, 15) is 9.59 Å². The Balaban J connectivity index is 2.17. The number of rotatable bonds is 3. The smallest absolute Gasteiger partial charge is 0.328 e. The average molecular weight is 247 g/mol. The molecule has 0 atom stereocenters. The van der Waals surface area contributed by atoms with E-state index in [1.54, 1.807) is 6.07 Å². The minimum Gasteiger partial charge on any atom is -0.480 e. The van der Waals surface area contributed by atoms with Gasteiger partial charge >= 0.3 is 5.97 Å². The summed E-state index contributed by atoms with van der Waals surface area (Å²) in [6.45, 7) is 2.95. The lowest BCUT2D eigenvalue weighted by atomic mass is 10.0. The van der Waals surface area contributed by atoms with Crippen molar-refractivity contribution in [1.82, 2.24) is 5.32 Å². The fourth-order valence-corrected chi connectivity index (χ4v) is 2.12. The van der Waals surface area contributed by atoms with Gasteiger partial charge in [-0.1, -0.05) is 6.07 Å². The molecule has 1 aromatic carbocycles. The molecule has 0 saturated carbocycles. The number of carboxylic acids is 1. The number of fused-ring (bicyclic) bond motifs is 1. The Morgan fingerprint density at radius 2 is 1.89 bits per heavy atom. The zero-order valence-corrected chi connectivity index (χ0v) is 10.6. The third-order valence-electron chi connectivity index (χ3n) is 3.32. The summed E-state index contributed by atoms with van der Waals surface area (Å²) in [5.74, 6) is -1.38. The van der Waals surface area contributed by atoms with Crippen LogP contribution in [0.2, 0.25) is 0 Å². The van der Waals surface area contributed by atoms with E-state index in [-0.39, 0.29) is 5.91 Å². The Labute approximate surface area is 106 Å². The second kappa shape index (κ2) is 4.44. The van der Waals surface area contributed by atoms with Gasteiger partial charge in [-0.15, -0.1) is 0 Å². The number of carbonyl (C=O) groups is 2. The molecule has 1 aliphatic rings. The van der Waals surface area contributed by atoms with Gasteiger partial charge in [-0.25, -0.2) is 4.79 Å². The van der Waals surface area contributed by atoms with Crippen molar-refractivity contribution in [2.45, 2.75) is 38.6 Å². The molecular formula is C14H17NO3. The van der Waals surface area contributed by atoms with E-state index in [2.05, 4.69) is 5.32 Å². The second-order valence-corrected chi connectivity index (χ2v) is 5.22. The molecule has 0 bridgehead atoms. The predicted octanol–water partition coefficient (Wildman–Crippen LogP) is 1.77. The van der Waals surface area contributed by atoms with Crippen LogP contribution in [-0.2, 0) is 17.6 Å². The molecule has 2 rings (SSSR count). The van der Waals surface area contributed by atoms with Gasteiger partial charge in [0.05, 0.1) is 0 Å². The van der Waals surface area contributed by atoms with Crippen molar-refractivity contribution in [3.63, 3.8) is 0 Å². The van der Waals surface area contributed by atoms with E-state index in [1.807, 2.05) is 12.1 Å². The summed E-state index contributed by atoms with van der Waals surface area (Å²) < 4.78 is 0. The van der Waals surface area contributed by atoms with Gasteiger partial charge in [0, 0.05) is 5.56 Å². The number of carboxylic acid groups (broad SMARTS) is 1. The number of hydrogen-bond donors (Lipinski definition) is 2. The second-order valence-electron chi connectivity index (χ2n) is 5.22. The molecule has 4 nitrogen and oxygen atoms in total. The first-order chi connectivity index (χ1) is 8.40. The van der Waals surface area contributed by atoms with Crippen LogP contribution in [0.25, 0.3) is 0 Å². The molecule has 4 heteroatoms. The number of nitrogens with one attached hydrogen (secondary N) is 1. The van der Waals surface area contributed by atoms with E-state index in [0.29, 0.717) is 5.56 Å². The predicted molar refractivity (Wildman–Crippen MR) is 67.6 cm³/mol. The number of carbonyl (C=O) groups excluding carboxylic acids is 1. The zero-order valence-electron chi connectivity index (χ0n) is 10.6. The molecule has 0 unspecified atom stereocenters. The monoisotopic (exact) mass is 247 g/mol. The lowest BCUT2D eigenvalue weighted by Gasteiger charge is -2.21. The molecule has 1 amide bonds. The number of benzene rings is 1. The summed E-state index contributed by atoms with van der Waals surface area (Å²) in [6.07, 6.45) is 3.19. The topological polar surface area (TPSA) is 66.4 Å². The molecule has 0 radical (unpaired) electrons. The largest absolute Gasteiger partial charge is 0.480 e.